The molecular formula is C13H19NO. The van der Waals surface area contributed by atoms with Gasteiger partial charge in [-0.2, -0.15) is 0 Å². The van der Waals surface area contributed by atoms with Gasteiger partial charge in [0.2, 0.25) is 0 Å². The molecule has 0 bridgehead atoms. The highest BCUT2D eigenvalue weighted by Gasteiger charge is 2.39. The highest BCUT2D eigenvalue weighted by molar-refractivity contribution is 5.34. The van der Waals surface area contributed by atoms with Crippen LogP contribution in [0.2, 0.25) is 0 Å². The van der Waals surface area contributed by atoms with Gasteiger partial charge in [-0.05, 0) is 51.3 Å². The summed E-state index contributed by atoms with van der Waals surface area (Å²) in [4.78, 5) is 0. The number of ether oxygens (including phenoxy) is 1. The number of nitrogens with two attached hydrogens (primary N) is 1. The Morgan fingerprint density at radius 3 is 2.07 bits per heavy atom. The summed E-state index contributed by atoms with van der Waals surface area (Å²) in [7, 11) is 0. The monoisotopic (exact) mass is 205 g/mol. The normalized spacial score (nSPS) is 18.7. The van der Waals surface area contributed by atoms with Crippen LogP contribution in [-0.2, 0) is 5.54 Å². The smallest absolute Gasteiger partial charge is 0.120 e. The third kappa shape index (κ3) is 2.51. The first-order valence-electron chi connectivity index (χ1n) is 5.48. The first-order chi connectivity index (χ1) is 6.89. The maximum Gasteiger partial charge on any atom is 0.120 e. The minimum absolute atomic E-state index is 0.0414. The van der Waals surface area contributed by atoms with Gasteiger partial charge in [-0.25, -0.2) is 0 Å². The summed E-state index contributed by atoms with van der Waals surface area (Å²) in [5.74, 6) is 0.913. The lowest BCUT2D eigenvalue weighted by Gasteiger charge is -2.21. The zero-order chi connectivity index (χ0) is 11.1. The van der Waals surface area contributed by atoms with Crippen molar-refractivity contribution in [1.82, 2.24) is 0 Å². The van der Waals surface area contributed by atoms with Gasteiger partial charge in [0, 0.05) is 5.54 Å². The summed E-state index contributed by atoms with van der Waals surface area (Å²) < 4.78 is 5.75. The zero-order valence-electron chi connectivity index (χ0n) is 9.71. The van der Waals surface area contributed by atoms with Crippen LogP contribution in [-0.4, -0.2) is 5.60 Å². The molecule has 15 heavy (non-hydrogen) atoms. The Morgan fingerprint density at radius 1 is 1.13 bits per heavy atom. The molecule has 1 aromatic rings. The van der Waals surface area contributed by atoms with Gasteiger partial charge in [0.25, 0.3) is 0 Å². The molecule has 0 saturated heterocycles. The van der Waals surface area contributed by atoms with E-state index in [1.807, 2.05) is 32.9 Å². The summed E-state index contributed by atoms with van der Waals surface area (Å²) in [5.41, 5.74) is 7.15. The second-order valence-electron chi connectivity index (χ2n) is 5.39. The molecule has 0 radical (unpaired) electrons. The maximum absolute atomic E-state index is 6.10. The molecule has 2 rings (SSSR count). The third-order valence-corrected chi connectivity index (χ3v) is 2.64. The average molecular weight is 205 g/mol. The van der Waals surface area contributed by atoms with Crippen molar-refractivity contribution in [2.75, 3.05) is 0 Å². The Labute approximate surface area is 91.4 Å². The molecule has 0 unspecified atom stereocenters. The first kappa shape index (κ1) is 10.5. The van der Waals surface area contributed by atoms with Gasteiger partial charge >= 0.3 is 0 Å². The number of hydrogen-bond donors (Lipinski definition) is 1. The van der Waals surface area contributed by atoms with Crippen LogP contribution in [0.25, 0.3) is 0 Å². The van der Waals surface area contributed by atoms with Crippen molar-refractivity contribution in [3.05, 3.63) is 29.8 Å². The van der Waals surface area contributed by atoms with Crippen LogP contribution in [0.3, 0.4) is 0 Å². The van der Waals surface area contributed by atoms with Crippen molar-refractivity contribution in [3.8, 4) is 5.75 Å². The van der Waals surface area contributed by atoms with Crippen LogP contribution in [0.15, 0.2) is 24.3 Å². The number of rotatable bonds is 2. The fraction of sp³-hybridized carbons (Fsp3) is 0.538. The standard InChI is InChI=1S/C13H19NO/c1-12(2,3)15-11-6-4-10(5-7-11)13(14)8-9-13/h4-7H,8-9,14H2,1-3H3. The lowest BCUT2D eigenvalue weighted by atomic mass is 10.1. The number of benzene rings is 1. The van der Waals surface area contributed by atoms with Crippen molar-refractivity contribution >= 4 is 0 Å². The van der Waals surface area contributed by atoms with E-state index in [1.54, 1.807) is 0 Å². The predicted octanol–water partition coefficient (Wildman–Crippen LogP) is 2.81. The van der Waals surface area contributed by atoms with E-state index in [0.29, 0.717) is 0 Å². The molecule has 0 heterocycles. The van der Waals surface area contributed by atoms with Crippen LogP contribution in [0.4, 0.5) is 0 Å². The van der Waals surface area contributed by atoms with Crippen LogP contribution in [0.5, 0.6) is 5.75 Å². The second kappa shape index (κ2) is 3.24. The van der Waals surface area contributed by atoms with Gasteiger partial charge in [0.05, 0.1) is 0 Å². The van der Waals surface area contributed by atoms with E-state index in [1.165, 1.54) is 5.56 Å². The molecule has 2 nitrogen and oxygen atoms in total. The molecule has 1 aromatic carbocycles. The molecule has 82 valence electrons. The van der Waals surface area contributed by atoms with Crippen LogP contribution in [0, 0.1) is 0 Å². The Kier molecular flexibility index (Phi) is 2.27. The Balaban J connectivity index is 2.11. The highest BCUT2D eigenvalue weighted by Crippen LogP contribution is 2.42. The fourth-order valence-corrected chi connectivity index (χ4v) is 1.63. The molecular weight excluding hydrogens is 186 g/mol. The van der Waals surface area contributed by atoms with E-state index in [4.69, 9.17) is 10.5 Å². The van der Waals surface area contributed by atoms with Gasteiger partial charge in [-0.3, -0.25) is 0 Å². The molecule has 1 aliphatic rings. The van der Waals surface area contributed by atoms with Gasteiger partial charge < -0.3 is 10.5 Å². The third-order valence-electron chi connectivity index (χ3n) is 2.64. The molecule has 0 atom stereocenters. The largest absolute Gasteiger partial charge is 0.488 e. The van der Waals surface area contributed by atoms with Crippen molar-refractivity contribution in [1.29, 1.82) is 0 Å². The summed E-state index contributed by atoms with van der Waals surface area (Å²) in [6, 6.07) is 8.17. The van der Waals surface area contributed by atoms with Crippen LogP contribution in [0.1, 0.15) is 39.2 Å². The molecule has 1 saturated carbocycles. The summed E-state index contributed by atoms with van der Waals surface area (Å²) in [6.07, 6.45) is 2.21. The lowest BCUT2D eigenvalue weighted by molar-refractivity contribution is 0.131. The summed E-state index contributed by atoms with van der Waals surface area (Å²) >= 11 is 0. The van der Waals surface area contributed by atoms with E-state index in [0.717, 1.165) is 18.6 Å². The predicted molar refractivity (Wildman–Crippen MR) is 61.9 cm³/mol. The minimum atomic E-state index is -0.137. The fourth-order valence-electron chi connectivity index (χ4n) is 1.63. The van der Waals surface area contributed by atoms with E-state index < -0.39 is 0 Å². The summed E-state index contributed by atoms with van der Waals surface area (Å²) in [5, 5.41) is 0. The molecule has 1 fully saturated rings. The van der Waals surface area contributed by atoms with Gasteiger partial charge in [0.15, 0.2) is 0 Å². The van der Waals surface area contributed by atoms with Crippen LogP contribution >= 0.6 is 0 Å². The summed E-state index contributed by atoms with van der Waals surface area (Å²) in [6.45, 7) is 6.14. The average Bonchev–Trinajstić information content (AvgIpc) is 2.83. The van der Waals surface area contributed by atoms with Gasteiger partial charge in [-0.15, -0.1) is 0 Å². The molecule has 0 amide bonds. The van der Waals surface area contributed by atoms with Gasteiger partial charge in [-0.1, -0.05) is 12.1 Å². The zero-order valence-corrected chi connectivity index (χ0v) is 9.71. The topological polar surface area (TPSA) is 35.2 Å². The first-order valence-corrected chi connectivity index (χ1v) is 5.48. The van der Waals surface area contributed by atoms with E-state index in [2.05, 4.69) is 12.1 Å². The maximum atomic E-state index is 6.10. The number of hydrogen-bond acceptors (Lipinski definition) is 2. The molecule has 0 spiro atoms. The highest BCUT2D eigenvalue weighted by atomic mass is 16.5. The Morgan fingerprint density at radius 2 is 1.67 bits per heavy atom. The van der Waals surface area contributed by atoms with Crippen molar-refractivity contribution in [2.45, 2.75) is 44.8 Å². The molecule has 2 N–H and O–H groups in total. The second-order valence-corrected chi connectivity index (χ2v) is 5.39. The van der Waals surface area contributed by atoms with E-state index >= 15 is 0 Å². The Bertz CT molecular complexity index is 344. The molecule has 0 aromatic heterocycles. The van der Waals surface area contributed by atoms with E-state index in [-0.39, 0.29) is 11.1 Å². The quantitative estimate of drug-likeness (QED) is 0.805. The molecule has 0 aliphatic heterocycles. The SMILES string of the molecule is CC(C)(C)Oc1ccc(C2(N)CC2)cc1. The van der Waals surface area contributed by atoms with E-state index in [9.17, 15) is 0 Å². The van der Waals surface area contributed by atoms with Crippen molar-refractivity contribution < 1.29 is 4.74 Å². The molecule has 1 aliphatic carbocycles. The van der Waals surface area contributed by atoms with Crippen molar-refractivity contribution in [2.24, 2.45) is 5.73 Å². The minimum Gasteiger partial charge on any atom is -0.488 e. The van der Waals surface area contributed by atoms with Gasteiger partial charge in [0.1, 0.15) is 11.4 Å². The van der Waals surface area contributed by atoms with Crippen molar-refractivity contribution in [3.63, 3.8) is 0 Å². The van der Waals surface area contributed by atoms with Crippen LogP contribution < -0.4 is 10.5 Å². The lowest BCUT2D eigenvalue weighted by Crippen LogP contribution is -2.23. The molecule has 2 heteroatoms. The Hall–Kier alpha value is -1.02.